The summed E-state index contributed by atoms with van der Waals surface area (Å²) < 4.78 is 13.3. The van der Waals surface area contributed by atoms with E-state index in [0.29, 0.717) is 10.0 Å². The Bertz CT molecular complexity index is 805. The Morgan fingerprint density at radius 3 is 2.60 bits per heavy atom. The maximum absolute atomic E-state index is 13.3. The molecule has 0 amide bonds. The largest absolute Gasteiger partial charge is 0.361 e. The molecule has 20 heavy (non-hydrogen) atoms. The molecule has 3 rings (SSSR count). The summed E-state index contributed by atoms with van der Waals surface area (Å²) in [5, 5.41) is 1.89. The van der Waals surface area contributed by atoms with Crippen molar-refractivity contribution in [3.8, 4) is 0 Å². The molecule has 0 aliphatic rings. The van der Waals surface area contributed by atoms with E-state index >= 15 is 0 Å². The first-order chi connectivity index (χ1) is 9.63. The van der Waals surface area contributed by atoms with Crippen molar-refractivity contribution in [3.05, 3.63) is 69.6 Å². The van der Waals surface area contributed by atoms with Crippen LogP contribution in [0.15, 0.2) is 42.6 Å². The highest BCUT2D eigenvalue weighted by Gasteiger charge is 2.02. The minimum atomic E-state index is -0.249. The predicted molar refractivity (Wildman–Crippen MR) is 83.6 cm³/mol. The molecular formula is C16H10Cl2FN. The summed E-state index contributed by atoms with van der Waals surface area (Å²) in [7, 11) is 0. The van der Waals surface area contributed by atoms with Gasteiger partial charge in [0.2, 0.25) is 0 Å². The SMILES string of the molecule is Fc1ccc2[nH]cc(/C=C/c3ccc(Cl)c(Cl)c3)c2c1. The summed E-state index contributed by atoms with van der Waals surface area (Å²) in [6, 6.07) is 10.1. The molecule has 0 unspecified atom stereocenters. The fourth-order valence-electron chi connectivity index (χ4n) is 2.05. The second kappa shape index (κ2) is 5.31. The number of rotatable bonds is 2. The topological polar surface area (TPSA) is 15.8 Å². The molecular weight excluding hydrogens is 296 g/mol. The number of aromatic amines is 1. The first-order valence-electron chi connectivity index (χ1n) is 6.03. The number of benzene rings is 2. The molecule has 4 heteroatoms. The summed E-state index contributed by atoms with van der Waals surface area (Å²) in [6.07, 6.45) is 5.67. The first-order valence-corrected chi connectivity index (χ1v) is 6.79. The van der Waals surface area contributed by atoms with Gasteiger partial charge >= 0.3 is 0 Å². The molecule has 0 aliphatic heterocycles. The molecule has 1 aromatic heterocycles. The average Bonchev–Trinajstić information content (AvgIpc) is 2.82. The zero-order valence-corrected chi connectivity index (χ0v) is 11.8. The Kier molecular flexibility index (Phi) is 3.51. The van der Waals surface area contributed by atoms with Gasteiger partial charge in [-0.05, 0) is 41.5 Å². The molecule has 0 radical (unpaired) electrons. The quantitative estimate of drug-likeness (QED) is 0.617. The third-order valence-electron chi connectivity index (χ3n) is 3.07. The van der Waals surface area contributed by atoms with Crippen molar-refractivity contribution in [3.63, 3.8) is 0 Å². The molecule has 0 aliphatic carbocycles. The molecule has 100 valence electrons. The molecule has 0 saturated carbocycles. The molecule has 0 saturated heterocycles. The molecule has 3 aromatic rings. The van der Waals surface area contributed by atoms with E-state index in [1.807, 2.05) is 24.4 Å². The van der Waals surface area contributed by atoms with Crippen LogP contribution >= 0.6 is 23.2 Å². The molecule has 1 heterocycles. The van der Waals surface area contributed by atoms with E-state index in [-0.39, 0.29) is 5.82 Å². The fourth-order valence-corrected chi connectivity index (χ4v) is 2.36. The lowest BCUT2D eigenvalue weighted by Crippen LogP contribution is -1.75. The summed E-state index contributed by atoms with van der Waals surface area (Å²) in [6.45, 7) is 0. The Labute approximate surface area is 125 Å². The zero-order chi connectivity index (χ0) is 14.1. The number of fused-ring (bicyclic) bond motifs is 1. The highest BCUT2D eigenvalue weighted by atomic mass is 35.5. The second-order valence-electron chi connectivity index (χ2n) is 4.44. The van der Waals surface area contributed by atoms with Gasteiger partial charge < -0.3 is 4.98 Å². The average molecular weight is 306 g/mol. The van der Waals surface area contributed by atoms with Crippen molar-refractivity contribution in [1.82, 2.24) is 4.98 Å². The van der Waals surface area contributed by atoms with Crippen LogP contribution in [0.5, 0.6) is 0 Å². The second-order valence-corrected chi connectivity index (χ2v) is 5.26. The van der Waals surface area contributed by atoms with Gasteiger partial charge in [0.1, 0.15) is 5.82 Å². The summed E-state index contributed by atoms with van der Waals surface area (Å²) in [5.41, 5.74) is 2.76. The number of aromatic nitrogens is 1. The van der Waals surface area contributed by atoms with E-state index < -0.39 is 0 Å². The van der Waals surface area contributed by atoms with E-state index in [1.54, 1.807) is 18.2 Å². The van der Waals surface area contributed by atoms with Gasteiger partial charge in [-0.3, -0.25) is 0 Å². The van der Waals surface area contributed by atoms with E-state index in [1.165, 1.54) is 12.1 Å². The molecule has 0 fully saturated rings. The van der Waals surface area contributed by atoms with Crippen molar-refractivity contribution >= 4 is 46.3 Å². The summed E-state index contributed by atoms with van der Waals surface area (Å²) in [5.74, 6) is -0.249. The Balaban J connectivity index is 1.97. The van der Waals surface area contributed by atoms with Crippen LogP contribution in [0.4, 0.5) is 4.39 Å². The molecule has 0 bridgehead atoms. The van der Waals surface area contributed by atoms with Crippen LogP contribution < -0.4 is 0 Å². The third kappa shape index (κ3) is 2.58. The fraction of sp³-hybridized carbons (Fsp3) is 0. The van der Waals surface area contributed by atoms with Crippen LogP contribution in [-0.4, -0.2) is 4.98 Å². The Morgan fingerprint density at radius 2 is 1.80 bits per heavy atom. The van der Waals surface area contributed by atoms with Crippen molar-refractivity contribution < 1.29 is 4.39 Å². The molecule has 1 nitrogen and oxygen atoms in total. The van der Waals surface area contributed by atoms with Gasteiger partial charge in [-0.1, -0.05) is 41.4 Å². The minimum absolute atomic E-state index is 0.249. The van der Waals surface area contributed by atoms with Crippen molar-refractivity contribution in [2.45, 2.75) is 0 Å². The van der Waals surface area contributed by atoms with Crippen LogP contribution in [-0.2, 0) is 0 Å². The van der Waals surface area contributed by atoms with Gasteiger partial charge in [0.05, 0.1) is 10.0 Å². The third-order valence-corrected chi connectivity index (χ3v) is 3.81. The lowest BCUT2D eigenvalue weighted by molar-refractivity contribution is 0.629. The normalized spacial score (nSPS) is 11.6. The summed E-state index contributed by atoms with van der Waals surface area (Å²) >= 11 is 11.8. The van der Waals surface area contributed by atoms with Gasteiger partial charge in [-0.2, -0.15) is 0 Å². The number of hydrogen-bond donors (Lipinski definition) is 1. The maximum Gasteiger partial charge on any atom is 0.123 e. The highest BCUT2D eigenvalue weighted by Crippen LogP contribution is 2.25. The van der Waals surface area contributed by atoms with Gasteiger partial charge in [0.25, 0.3) is 0 Å². The molecule has 1 N–H and O–H groups in total. The summed E-state index contributed by atoms with van der Waals surface area (Å²) in [4.78, 5) is 3.11. The molecule has 2 aromatic carbocycles. The van der Waals surface area contributed by atoms with E-state index in [4.69, 9.17) is 23.2 Å². The van der Waals surface area contributed by atoms with Crippen LogP contribution in [0, 0.1) is 5.82 Å². The van der Waals surface area contributed by atoms with Crippen LogP contribution in [0.25, 0.3) is 23.1 Å². The van der Waals surface area contributed by atoms with Crippen molar-refractivity contribution in [2.75, 3.05) is 0 Å². The monoisotopic (exact) mass is 305 g/mol. The van der Waals surface area contributed by atoms with Gasteiger partial charge in [-0.25, -0.2) is 4.39 Å². The maximum atomic E-state index is 13.3. The Morgan fingerprint density at radius 1 is 0.950 bits per heavy atom. The van der Waals surface area contributed by atoms with Gasteiger partial charge in [0.15, 0.2) is 0 Å². The number of H-pyrrole nitrogens is 1. The van der Waals surface area contributed by atoms with E-state index in [9.17, 15) is 4.39 Å². The van der Waals surface area contributed by atoms with Crippen LogP contribution in [0.1, 0.15) is 11.1 Å². The van der Waals surface area contributed by atoms with Gasteiger partial charge in [0, 0.05) is 17.1 Å². The number of halogens is 3. The lowest BCUT2D eigenvalue weighted by atomic mass is 10.1. The highest BCUT2D eigenvalue weighted by molar-refractivity contribution is 6.42. The smallest absolute Gasteiger partial charge is 0.123 e. The van der Waals surface area contributed by atoms with Crippen molar-refractivity contribution in [1.29, 1.82) is 0 Å². The van der Waals surface area contributed by atoms with Gasteiger partial charge in [-0.15, -0.1) is 0 Å². The standard InChI is InChI=1S/C16H10Cl2FN/c17-14-5-2-10(7-15(14)18)1-3-11-9-20-16-6-4-12(19)8-13(11)16/h1-9,20H/b3-1+. The first kappa shape index (κ1) is 13.2. The minimum Gasteiger partial charge on any atom is -0.361 e. The van der Waals surface area contributed by atoms with Crippen LogP contribution in [0.3, 0.4) is 0 Å². The van der Waals surface area contributed by atoms with Crippen LogP contribution in [0.2, 0.25) is 10.0 Å². The zero-order valence-electron chi connectivity index (χ0n) is 10.3. The number of nitrogens with one attached hydrogen (secondary N) is 1. The number of hydrogen-bond acceptors (Lipinski definition) is 0. The van der Waals surface area contributed by atoms with Crippen molar-refractivity contribution in [2.24, 2.45) is 0 Å². The van der Waals surface area contributed by atoms with E-state index in [0.717, 1.165) is 22.0 Å². The molecule has 0 atom stereocenters. The molecule has 0 spiro atoms. The predicted octanol–water partition coefficient (Wildman–Crippen LogP) is 5.78. The van der Waals surface area contributed by atoms with E-state index in [2.05, 4.69) is 4.98 Å². The lowest BCUT2D eigenvalue weighted by Gasteiger charge is -1.97. The Hall–Kier alpha value is -1.77.